The van der Waals surface area contributed by atoms with Crippen molar-refractivity contribution < 1.29 is 14.3 Å². The second-order valence-corrected chi connectivity index (χ2v) is 9.99. The summed E-state index contributed by atoms with van der Waals surface area (Å²) in [5, 5.41) is 0. The number of para-hydroxylation sites is 1. The molecule has 0 radical (unpaired) electrons. The lowest BCUT2D eigenvalue weighted by Gasteiger charge is -2.37. The van der Waals surface area contributed by atoms with Gasteiger partial charge in [-0.3, -0.25) is 9.59 Å². The number of ether oxygens (including phenoxy) is 1. The summed E-state index contributed by atoms with van der Waals surface area (Å²) < 4.78 is 7.70. The molecule has 0 aliphatic carbocycles. The van der Waals surface area contributed by atoms with Crippen LogP contribution in [0.25, 0.3) is 11.3 Å². The van der Waals surface area contributed by atoms with Gasteiger partial charge in [0.2, 0.25) is 5.91 Å². The molecule has 8 nitrogen and oxygen atoms in total. The van der Waals surface area contributed by atoms with E-state index in [0.29, 0.717) is 23.1 Å². The number of nitrogens with two attached hydrogens (primary N) is 1. The van der Waals surface area contributed by atoms with E-state index in [9.17, 15) is 9.59 Å². The van der Waals surface area contributed by atoms with E-state index in [-0.39, 0.29) is 11.8 Å². The summed E-state index contributed by atoms with van der Waals surface area (Å²) in [7, 11) is 0. The highest BCUT2D eigenvalue weighted by molar-refractivity contribution is 5.97. The zero-order chi connectivity index (χ0) is 25.9. The highest BCUT2D eigenvalue weighted by Crippen LogP contribution is 2.39. The van der Waals surface area contributed by atoms with Gasteiger partial charge in [0.1, 0.15) is 23.0 Å². The molecule has 3 heterocycles. The molecule has 1 saturated heterocycles. The van der Waals surface area contributed by atoms with Crippen molar-refractivity contribution in [1.82, 2.24) is 14.6 Å². The van der Waals surface area contributed by atoms with Crippen molar-refractivity contribution in [3.05, 3.63) is 77.8 Å². The molecule has 1 fully saturated rings. The summed E-state index contributed by atoms with van der Waals surface area (Å²) in [6, 6.07) is 17.1. The van der Waals surface area contributed by atoms with E-state index in [4.69, 9.17) is 15.5 Å². The van der Waals surface area contributed by atoms with Crippen LogP contribution in [0.3, 0.4) is 0 Å². The predicted molar refractivity (Wildman–Crippen MR) is 143 cm³/mol. The van der Waals surface area contributed by atoms with Crippen LogP contribution in [0, 0.1) is 5.92 Å². The monoisotopic (exact) mass is 499 g/mol. The summed E-state index contributed by atoms with van der Waals surface area (Å²) in [4.78, 5) is 31.9. The zero-order valence-corrected chi connectivity index (χ0v) is 21.3. The van der Waals surface area contributed by atoms with Crippen molar-refractivity contribution in [3.63, 3.8) is 0 Å². The molecule has 2 amide bonds. The maximum atomic E-state index is 12.6. The summed E-state index contributed by atoms with van der Waals surface area (Å²) in [5.41, 5.74) is 11.9. The van der Waals surface area contributed by atoms with E-state index in [2.05, 4.69) is 5.43 Å². The molecule has 0 saturated carbocycles. The number of rotatable bonds is 6. The van der Waals surface area contributed by atoms with Gasteiger partial charge < -0.3 is 20.8 Å². The number of likely N-dealkylation sites (tertiary alicyclic amines) is 1. The number of carbonyl (C=O) groups is 2. The molecule has 0 spiro atoms. The fourth-order valence-corrected chi connectivity index (χ4v) is 5.35. The Morgan fingerprint density at radius 1 is 1.00 bits per heavy atom. The van der Waals surface area contributed by atoms with E-state index < -0.39 is 5.91 Å². The van der Waals surface area contributed by atoms with Crippen LogP contribution in [0.1, 0.15) is 55.3 Å². The van der Waals surface area contributed by atoms with Crippen LogP contribution in [-0.2, 0) is 4.79 Å². The Morgan fingerprint density at radius 3 is 2.32 bits per heavy atom. The molecule has 1 atom stereocenters. The van der Waals surface area contributed by atoms with Gasteiger partial charge >= 0.3 is 0 Å². The van der Waals surface area contributed by atoms with Crippen LogP contribution in [0.15, 0.2) is 66.2 Å². The number of amides is 2. The van der Waals surface area contributed by atoms with Gasteiger partial charge in [0, 0.05) is 37.2 Å². The summed E-state index contributed by atoms with van der Waals surface area (Å²) >= 11 is 0. The third-order valence-electron chi connectivity index (χ3n) is 7.13. The molecule has 2 aliphatic heterocycles. The Bertz CT molecular complexity index is 1300. The van der Waals surface area contributed by atoms with Crippen molar-refractivity contribution in [1.29, 1.82) is 0 Å². The molecule has 8 heteroatoms. The first-order valence-electron chi connectivity index (χ1n) is 12.8. The number of aromatic nitrogens is 2. The molecule has 3 aromatic rings. The van der Waals surface area contributed by atoms with Crippen molar-refractivity contribution >= 4 is 11.8 Å². The van der Waals surface area contributed by atoms with Crippen LogP contribution < -0.4 is 15.9 Å². The van der Waals surface area contributed by atoms with E-state index >= 15 is 0 Å². The average Bonchev–Trinajstić information content (AvgIpc) is 3.30. The zero-order valence-electron chi connectivity index (χ0n) is 21.3. The highest BCUT2D eigenvalue weighted by Gasteiger charge is 2.36. The molecule has 2 aromatic carbocycles. The lowest BCUT2D eigenvalue weighted by atomic mass is 9.81. The molecule has 0 bridgehead atoms. The Morgan fingerprint density at radius 2 is 1.68 bits per heavy atom. The van der Waals surface area contributed by atoms with Crippen molar-refractivity contribution in [2.45, 2.75) is 39.0 Å². The molecule has 192 valence electrons. The number of fused-ring (bicyclic) bond motifs is 1. The number of primary amides is 1. The Kier molecular flexibility index (Phi) is 6.99. The third-order valence-corrected chi connectivity index (χ3v) is 7.13. The molecule has 3 N–H and O–H groups in total. The van der Waals surface area contributed by atoms with E-state index in [1.165, 1.54) is 0 Å². The number of hydrogen-bond acceptors (Lipinski definition) is 5. The first-order valence-corrected chi connectivity index (χ1v) is 12.8. The predicted octanol–water partition coefficient (Wildman–Crippen LogP) is 4.68. The van der Waals surface area contributed by atoms with Gasteiger partial charge in [0.05, 0.1) is 0 Å². The summed E-state index contributed by atoms with van der Waals surface area (Å²) in [6.45, 7) is 6.08. The quantitative estimate of drug-likeness (QED) is 0.480. The number of allylic oxidation sites excluding steroid dienone is 1. The van der Waals surface area contributed by atoms with Crippen LogP contribution in [-0.4, -0.2) is 46.0 Å². The Labute approximate surface area is 217 Å². The smallest absolute Gasteiger partial charge is 0.269 e. The number of nitrogens with zero attached hydrogens (tertiary/aromatic N) is 3. The van der Waals surface area contributed by atoms with Crippen LogP contribution >= 0.6 is 0 Å². The van der Waals surface area contributed by atoms with Gasteiger partial charge in [-0.15, -0.1) is 0 Å². The topological polar surface area (TPSA) is 102 Å². The number of nitrogens with one attached hydrogen (secondary N) is 1. The van der Waals surface area contributed by atoms with Gasteiger partial charge in [-0.2, -0.15) is 0 Å². The number of piperidine rings is 1. The minimum absolute atomic E-state index is 0.0863. The number of imidazole rings is 1. The fraction of sp³-hybridized carbons (Fsp3) is 0.345. The number of carbonyl (C=O) groups excluding carboxylic acids is 2. The minimum atomic E-state index is -0.520. The fourth-order valence-electron chi connectivity index (χ4n) is 5.35. The van der Waals surface area contributed by atoms with Crippen LogP contribution in [0.4, 0.5) is 0 Å². The van der Waals surface area contributed by atoms with Gasteiger partial charge in [-0.1, -0.05) is 23.8 Å². The Hall–Kier alpha value is -4.07. The van der Waals surface area contributed by atoms with Crippen molar-refractivity contribution in [3.8, 4) is 22.8 Å². The molecule has 2 aliphatic rings. The number of benzene rings is 2. The van der Waals surface area contributed by atoms with E-state index in [1.807, 2.05) is 73.3 Å². The minimum Gasteiger partial charge on any atom is -0.457 e. The van der Waals surface area contributed by atoms with E-state index in [0.717, 1.165) is 61.6 Å². The van der Waals surface area contributed by atoms with Gasteiger partial charge in [-0.25, -0.2) is 9.66 Å². The molecular formula is C29H33N5O3. The number of hydrogen-bond donors (Lipinski definition) is 2. The largest absolute Gasteiger partial charge is 0.457 e. The van der Waals surface area contributed by atoms with Gasteiger partial charge in [0.15, 0.2) is 5.69 Å². The molecule has 1 unspecified atom stereocenters. The first-order chi connectivity index (χ1) is 17.9. The molecule has 37 heavy (non-hydrogen) atoms. The Balaban J connectivity index is 1.38. The molecule has 1 aromatic heterocycles. The SMILES string of the molecule is CC(C)=CC(=O)N1CCC(C2CCNn3c2nc(-c2ccc(Oc4ccccc4)cc2)c3C(N)=O)CC1. The van der Waals surface area contributed by atoms with Crippen LogP contribution in [0.2, 0.25) is 0 Å². The first kappa shape index (κ1) is 24.6. The third kappa shape index (κ3) is 5.23. The normalized spacial score (nSPS) is 17.5. The highest BCUT2D eigenvalue weighted by atomic mass is 16.5. The maximum absolute atomic E-state index is 12.6. The summed E-state index contributed by atoms with van der Waals surface area (Å²) in [6.07, 6.45) is 4.45. The lowest BCUT2D eigenvalue weighted by Crippen LogP contribution is -2.41. The lowest BCUT2D eigenvalue weighted by molar-refractivity contribution is -0.127. The second-order valence-electron chi connectivity index (χ2n) is 9.99. The van der Waals surface area contributed by atoms with Crippen molar-refractivity contribution in [2.75, 3.05) is 25.1 Å². The molecule has 5 rings (SSSR count). The average molecular weight is 500 g/mol. The van der Waals surface area contributed by atoms with Gasteiger partial charge in [0.25, 0.3) is 5.91 Å². The van der Waals surface area contributed by atoms with Gasteiger partial charge in [-0.05, 0) is 75.4 Å². The molecular weight excluding hydrogens is 466 g/mol. The standard InChI is InChI=1S/C29H33N5O3/c1-19(2)18-25(35)33-16-13-20(14-17-33)24-12-15-31-34-27(28(30)36)26(32-29(24)34)21-8-10-23(11-9-21)37-22-6-4-3-5-7-22/h3-11,18,20,24,31H,12-17H2,1-2H3,(H2,30,36). The second kappa shape index (κ2) is 10.5. The van der Waals surface area contributed by atoms with Crippen LogP contribution in [0.5, 0.6) is 11.5 Å². The van der Waals surface area contributed by atoms with Crippen molar-refractivity contribution in [2.24, 2.45) is 11.7 Å². The van der Waals surface area contributed by atoms with E-state index in [1.54, 1.807) is 10.8 Å². The summed E-state index contributed by atoms with van der Waals surface area (Å²) in [5.74, 6) is 2.44. The maximum Gasteiger partial charge on any atom is 0.269 e.